The molecule has 0 unspecified atom stereocenters. The van der Waals surface area contributed by atoms with Gasteiger partial charge in [-0.25, -0.2) is 14.6 Å². The predicted molar refractivity (Wildman–Crippen MR) is 71.9 cm³/mol. The van der Waals surface area contributed by atoms with Gasteiger partial charge in [0.25, 0.3) is 0 Å². The molecule has 3 aromatic rings. The molecular weight excluding hydrogens is 240 g/mol. The van der Waals surface area contributed by atoms with Crippen LogP contribution < -0.4 is 5.32 Å². The van der Waals surface area contributed by atoms with Crippen LogP contribution in [0.25, 0.3) is 5.82 Å². The first-order valence-corrected chi connectivity index (χ1v) is 5.98. The molecule has 0 aliphatic rings. The van der Waals surface area contributed by atoms with Crippen molar-refractivity contribution in [2.75, 3.05) is 5.32 Å². The molecule has 0 amide bonds. The Morgan fingerprint density at radius 2 is 2.21 bits per heavy atom. The molecule has 0 aromatic carbocycles. The van der Waals surface area contributed by atoms with Gasteiger partial charge in [-0.05, 0) is 18.2 Å². The van der Waals surface area contributed by atoms with Crippen LogP contribution in [0.15, 0.2) is 49.3 Å². The lowest BCUT2D eigenvalue weighted by Crippen LogP contribution is -2.05. The Hall–Kier alpha value is -2.63. The zero-order valence-corrected chi connectivity index (χ0v) is 10.6. The second kappa shape index (κ2) is 4.93. The van der Waals surface area contributed by atoms with Gasteiger partial charge in [0.15, 0.2) is 5.82 Å². The van der Waals surface area contributed by atoms with Gasteiger partial charge in [-0.1, -0.05) is 0 Å². The Bertz CT molecular complexity index is 638. The molecule has 0 aliphatic heterocycles. The number of nitrogens with zero attached hydrogens (tertiary/aromatic N) is 5. The van der Waals surface area contributed by atoms with Crippen LogP contribution in [0, 0.1) is 0 Å². The summed E-state index contributed by atoms with van der Waals surface area (Å²) in [7, 11) is 1.98. The summed E-state index contributed by atoms with van der Waals surface area (Å²) in [5.41, 5.74) is 2.09. The van der Waals surface area contributed by atoms with Crippen molar-refractivity contribution in [1.29, 1.82) is 0 Å². The van der Waals surface area contributed by atoms with E-state index < -0.39 is 0 Å². The summed E-state index contributed by atoms with van der Waals surface area (Å²) in [6, 6.07) is 5.79. The second-order valence-corrected chi connectivity index (χ2v) is 4.21. The predicted octanol–water partition coefficient (Wildman–Crippen LogP) is 1.61. The zero-order chi connectivity index (χ0) is 13.1. The summed E-state index contributed by atoms with van der Waals surface area (Å²) in [5, 5.41) is 7.44. The third kappa shape index (κ3) is 2.47. The highest BCUT2D eigenvalue weighted by atomic mass is 15.3. The maximum Gasteiger partial charge on any atom is 0.153 e. The average Bonchev–Trinajstić information content (AvgIpc) is 3.09. The molecule has 0 aliphatic carbocycles. The number of anilines is 1. The zero-order valence-electron chi connectivity index (χ0n) is 10.6. The van der Waals surface area contributed by atoms with Crippen molar-refractivity contribution in [1.82, 2.24) is 24.3 Å². The van der Waals surface area contributed by atoms with E-state index in [9.17, 15) is 0 Å². The number of hydrogen-bond donors (Lipinski definition) is 1. The fourth-order valence-corrected chi connectivity index (χ4v) is 1.78. The van der Waals surface area contributed by atoms with Gasteiger partial charge in [-0.3, -0.25) is 0 Å². The van der Waals surface area contributed by atoms with Crippen molar-refractivity contribution in [2.45, 2.75) is 6.54 Å². The van der Waals surface area contributed by atoms with Crippen LogP contribution in [0.2, 0.25) is 0 Å². The van der Waals surface area contributed by atoms with Gasteiger partial charge >= 0.3 is 0 Å². The number of rotatable bonds is 4. The van der Waals surface area contributed by atoms with E-state index in [0.29, 0.717) is 0 Å². The lowest BCUT2D eigenvalue weighted by Gasteiger charge is -2.07. The molecule has 6 heteroatoms. The lowest BCUT2D eigenvalue weighted by molar-refractivity contribution is 0.834. The molecular formula is C13H14N6. The Morgan fingerprint density at radius 1 is 1.26 bits per heavy atom. The molecule has 3 aromatic heterocycles. The monoisotopic (exact) mass is 254 g/mol. The molecule has 0 bridgehead atoms. The van der Waals surface area contributed by atoms with Crippen molar-refractivity contribution in [2.24, 2.45) is 7.05 Å². The van der Waals surface area contributed by atoms with Gasteiger partial charge in [-0.15, -0.1) is 0 Å². The van der Waals surface area contributed by atoms with Crippen LogP contribution in [0.5, 0.6) is 0 Å². The SMILES string of the molecule is Cn1cncc1CNc1ccc(-n2cccn2)nc1. The van der Waals surface area contributed by atoms with Gasteiger partial charge < -0.3 is 9.88 Å². The highest BCUT2D eigenvalue weighted by Crippen LogP contribution is 2.10. The first-order chi connectivity index (χ1) is 9.33. The summed E-state index contributed by atoms with van der Waals surface area (Å²) >= 11 is 0. The van der Waals surface area contributed by atoms with E-state index in [1.807, 2.05) is 42.2 Å². The molecule has 0 saturated carbocycles. The fourth-order valence-electron chi connectivity index (χ4n) is 1.78. The molecule has 0 radical (unpaired) electrons. The number of aryl methyl sites for hydroxylation is 1. The summed E-state index contributed by atoms with van der Waals surface area (Å²) in [6.07, 6.45) is 9.03. The molecule has 0 saturated heterocycles. The first kappa shape index (κ1) is 11.5. The van der Waals surface area contributed by atoms with Crippen molar-refractivity contribution < 1.29 is 0 Å². The third-order valence-electron chi connectivity index (χ3n) is 2.88. The van der Waals surface area contributed by atoms with E-state index >= 15 is 0 Å². The summed E-state index contributed by atoms with van der Waals surface area (Å²) in [6.45, 7) is 0.722. The fraction of sp³-hybridized carbons (Fsp3) is 0.154. The number of pyridine rings is 1. The molecule has 19 heavy (non-hydrogen) atoms. The Labute approximate surface area is 110 Å². The highest BCUT2D eigenvalue weighted by Gasteiger charge is 2.00. The quantitative estimate of drug-likeness (QED) is 0.768. The van der Waals surface area contributed by atoms with E-state index in [0.717, 1.165) is 23.7 Å². The van der Waals surface area contributed by atoms with Crippen molar-refractivity contribution in [3.63, 3.8) is 0 Å². The molecule has 0 fully saturated rings. The molecule has 6 nitrogen and oxygen atoms in total. The first-order valence-electron chi connectivity index (χ1n) is 5.98. The Balaban J connectivity index is 1.68. The largest absolute Gasteiger partial charge is 0.378 e. The van der Waals surface area contributed by atoms with Gasteiger partial charge in [0, 0.05) is 25.6 Å². The average molecular weight is 254 g/mol. The summed E-state index contributed by atoms with van der Waals surface area (Å²) < 4.78 is 3.71. The standard InChI is InChI=1S/C13H14N6/c1-18-10-14-8-12(18)9-15-11-3-4-13(16-7-11)19-6-2-5-17-19/h2-8,10,15H,9H2,1H3. The van der Waals surface area contributed by atoms with E-state index in [1.165, 1.54) is 0 Å². The molecule has 3 rings (SSSR count). The topological polar surface area (TPSA) is 60.6 Å². The van der Waals surface area contributed by atoms with Crippen molar-refractivity contribution in [3.05, 3.63) is 55.0 Å². The normalized spacial score (nSPS) is 10.6. The smallest absolute Gasteiger partial charge is 0.153 e. The summed E-state index contributed by atoms with van der Waals surface area (Å²) in [5.74, 6) is 0.802. The van der Waals surface area contributed by atoms with Crippen molar-refractivity contribution >= 4 is 5.69 Å². The maximum absolute atomic E-state index is 4.36. The Kier molecular flexibility index (Phi) is 2.97. The van der Waals surface area contributed by atoms with Gasteiger partial charge in [0.2, 0.25) is 0 Å². The van der Waals surface area contributed by atoms with E-state index in [1.54, 1.807) is 23.4 Å². The number of aromatic nitrogens is 5. The minimum Gasteiger partial charge on any atom is -0.378 e. The number of imidazole rings is 1. The number of hydrogen-bond acceptors (Lipinski definition) is 4. The minimum absolute atomic E-state index is 0.722. The summed E-state index contributed by atoms with van der Waals surface area (Å²) in [4.78, 5) is 8.44. The minimum atomic E-state index is 0.722. The maximum atomic E-state index is 4.36. The molecule has 0 atom stereocenters. The highest BCUT2D eigenvalue weighted by molar-refractivity contribution is 5.43. The number of nitrogens with one attached hydrogen (secondary N) is 1. The van der Waals surface area contributed by atoms with Crippen LogP contribution in [-0.2, 0) is 13.6 Å². The van der Waals surface area contributed by atoms with Gasteiger partial charge in [0.1, 0.15) is 0 Å². The third-order valence-corrected chi connectivity index (χ3v) is 2.88. The van der Waals surface area contributed by atoms with Crippen LogP contribution in [0.3, 0.4) is 0 Å². The van der Waals surface area contributed by atoms with E-state index in [2.05, 4.69) is 20.4 Å². The second-order valence-electron chi connectivity index (χ2n) is 4.21. The molecule has 0 spiro atoms. The Morgan fingerprint density at radius 3 is 2.84 bits per heavy atom. The lowest BCUT2D eigenvalue weighted by atomic mass is 10.3. The van der Waals surface area contributed by atoms with Gasteiger partial charge in [-0.2, -0.15) is 5.10 Å². The molecule has 96 valence electrons. The van der Waals surface area contributed by atoms with Crippen LogP contribution in [-0.4, -0.2) is 24.3 Å². The van der Waals surface area contributed by atoms with Crippen LogP contribution in [0.1, 0.15) is 5.69 Å². The van der Waals surface area contributed by atoms with E-state index in [-0.39, 0.29) is 0 Å². The van der Waals surface area contributed by atoms with E-state index in [4.69, 9.17) is 0 Å². The van der Waals surface area contributed by atoms with Crippen LogP contribution in [0.4, 0.5) is 5.69 Å². The molecule has 1 N–H and O–H groups in total. The van der Waals surface area contributed by atoms with Crippen LogP contribution >= 0.6 is 0 Å². The molecule has 3 heterocycles. The van der Waals surface area contributed by atoms with Gasteiger partial charge in [0.05, 0.1) is 30.5 Å². The van der Waals surface area contributed by atoms with Crippen molar-refractivity contribution in [3.8, 4) is 5.82 Å².